The van der Waals surface area contributed by atoms with Crippen LogP contribution in [0.3, 0.4) is 0 Å². The second-order valence-corrected chi connectivity index (χ2v) is 7.25. The zero-order valence-corrected chi connectivity index (χ0v) is 15.7. The summed E-state index contributed by atoms with van der Waals surface area (Å²) in [6.07, 6.45) is 8.55. The van der Waals surface area contributed by atoms with Crippen molar-refractivity contribution in [2.24, 2.45) is 0 Å². The minimum atomic E-state index is -0.208. The Kier molecular flexibility index (Phi) is 5.37. The largest absolute Gasteiger partial charge is 0.361 e. The predicted octanol–water partition coefficient (Wildman–Crippen LogP) is 3.21. The van der Waals surface area contributed by atoms with Gasteiger partial charge in [-0.15, -0.1) is 0 Å². The molecular weight excluding hydrogens is 352 g/mol. The number of carbonyl (C=O) groups excluding carboxylic acids is 2. The number of para-hydroxylation sites is 1. The van der Waals surface area contributed by atoms with E-state index >= 15 is 0 Å². The Morgan fingerprint density at radius 3 is 2.79 bits per heavy atom. The van der Waals surface area contributed by atoms with Crippen LogP contribution in [0.1, 0.15) is 52.1 Å². The summed E-state index contributed by atoms with van der Waals surface area (Å²) in [5.41, 5.74) is 3.00. The number of carbonyl (C=O) groups is 2. The van der Waals surface area contributed by atoms with Gasteiger partial charge in [-0.1, -0.05) is 31.0 Å². The van der Waals surface area contributed by atoms with E-state index in [9.17, 15) is 9.59 Å². The summed E-state index contributed by atoms with van der Waals surface area (Å²) in [5.74, 6) is -0.405. The summed E-state index contributed by atoms with van der Waals surface area (Å²) in [7, 11) is 0. The molecule has 0 spiro atoms. The molecule has 3 aromatic rings. The van der Waals surface area contributed by atoms with Crippen LogP contribution in [0.5, 0.6) is 0 Å². The van der Waals surface area contributed by atoms with E-state index in [2.05, 4.69) is 26.7 Å². The first-order chi connectivity index (χ1) is 13.7. The minimum Gasteiger partial charge on any atom is -0.361 e. The number of pyridine rings is 1. The number of aromatic nitrogens is 2. The number of nitrogens with one attached hydrogen (secondary N) is 3. The lowest BCUT2D eigenvalue weighted by molar-refractivity contribution is 0.0933. The van der Waals surface area contributed by atoms with Gasteiger partial charge in [0, 0.05) is 41.4 Å². The van der Waals surface area contributed by atoms with Crippen LogP contribution < -0.4 is 10.6 Å². The summed E-state index contributed by atoms with van der Waals surface area (Å²) < 4.78 is 0. The van der Waals surface area contributed by atoms with Crippen LogP contribution in [0.15, 0.2) is 48.8 Å². The zero-order valence-electron chi connectivity index (χ0n) is 15.7. The molecule has 0 bridgehead atoms. The van der Waals surface area contributed by atoms with E-state index < -0.39 is 0 Å². The van der Waals surface area contributed by atoms with Gasteiger partial charge in [-0.2, -0.15) is 0 Å². The molecule has 1 aliphatic rings. The van der Waals surface area contributed by atoms with Crippen molar-refractivity contribution in [3.8, 4) is 0 Å². The van der Waals surface area contributed by atoms with E-state index in [4.69, 9.17) is 0 Å². The third-order valence-electron chi connectivity index (χ3n) is 5.30. The van der Waals surface area contributed by atoms with E-state index in [1.54, 1.807) is 12.1 Å². The van der Waals surface area contributed by atoms with Crippen molar-refractivity contribution in [3.05, 3.63) is 65.6 Å². The maximum Gasteiger partial charge on any atom is 0.270 e. The Bertz CT molecular complexity index is 989. The maximum absolute atomic E-state index is 12.5. The standard InChI is InChI=1S/C22H24N4O2/c27-21(24-12-10-16-14-25-19-8-4-3-7-18(16)19)15-9-11-23-20(13-15)22(28)26-17-5-1-2-6-17/h3-4,7-9,11,13-14,17,25H,1-2,5-6,10,12H2,(H,24,27)(H,26,28). The molecule has 1 aliphatic carbocycles. The quantitative estimate of drug-likeness (QED) is 0.617. The van der Waals surface area contributed by atoms with Gasteiger partial charge >= 0.3 is 0 Å². The number of benzene rings is 1. The van der Waals surface area contributed by atoms with Gasteiger partial charge in [0.05, 0.1) is 0 Å². The van der Waals surface area contributed by atoms with Crippen molar-refractivity contribution >= 4 is 22.7 Å². The third-order valence-corrected chi connectivity index (χ3v) is 5.30. The molecule has 1 saturated carbocycles. The van der Waals surface area contributed by atoms with Crippen molar-refractivity contribution in [2.45, 2.75) is 38.1 Å². The average Bonchev–Trinajstić information content (AvgIpc) is 3.38. The fraction of sp³-hybridized carbons (Fsp3) is 0.318. The monoisotopic (exact) mass is 376 g/mol. The van der Waals surface area contributed by atoms with Crippen molar-refractivity contribution in [2.75, 3.05) is 6.54 Å². The molecule has 2 aromatic heterocycles. The van der Waals surface area contributed by atoms with Gasteiger partial charge in [-0.05, 0) is 43.0 Å². The molecule has 2 heterocycles. The van der Waals surface area contributed by atoms with Gasteiger partial charge in [0.1, 0.15) is 5.69 Å². The number of H-pyrrole nitrogens is 1. The molecular formula is C22H24N4O2. The molecule has 0 atom stereocenters. The predicted molar refractivity (Wildman–Crippen MR) is 108 cm³/mol. The molecule has 1 aromatic carbocycles. The first kappa shape index (κ1) is 18.2. The normalized spacial score (nSPS) is 14.3. The summed E-state index contributed by atoms with van der Waals surface area (Å²) in [5, 5.41) is 7.11. The van der Waals surface area contributed by atoms with Crippen molar-refractivity contribution in [3.63, 3.8) is 0 Å². The lowest BCUT2D eigenvalue weighted by atomic mass is 10.1. The topological polar surface area (TPSA) is 86.9 Å². The second-order valence-electron chi connectivity index (χ2n) is 7.25. The van der Waals surface area contributed by atoms with Crippen LogP contribution in [0.2, 0.25) is 0 Å². The maximum atomic E-state index is 12.5. The van der Waals surface area contributed by atoms with E-state index in [0.29, 0.717) is 12.1 Å². The van der Waals surface area contributed by atoms with E-state index in [-0.39, 0.29) is 23.6 Å². The summed E-state index contributed by atoms with van der Waals surface area (Å²) in [4.78, 5) is 32.2. The Balaban J connectivity index is 1.34. The van der Waals surface area contributed by atoms with Gasteiger partial charge in [0.15, 0.2) is 0 Å². The fourth-order valence-corrected chi connectivity index (χ4v) is 3.78. The van der Waals surface area contributed by atoms with Crippen molar-refractivity contribution in [1.29, 1.82) is 0 Å². The highest BCUT2D eigenvalue weighted by molar-refractivity contribution is 5.98. The number of hydrogen-bond acceptors (Lipinski definition) is 3. The molecule has 28 heavy (non-hydrogen) atoms. The van der Waals surface area contributed by atoms with Crippen molar-refractivity contribution < 1.29 is 9.59 Å². The van der Waals surface area contributed by atoms with Crippen LogP contribution in [0, 0.1) is 0 Å². The second kappa shape index (κ2) is 8.25. The Morgan fingerprint density at radius 1 is 1.11 bits per heavy atom. The summed E-state index contributed by atoms with van der Waals surface area (Å²) in [6.45, 7) is 0.520. The highest BCUT2D eigenvalue weighted by Crippen LogP contribution is 2.19. The van der Waals surface area contributed by atoms with Crippen LogP contribution >= 0.6 is 0 Å². The molecule has 2 amide bonds. The van der Waals surface area contributed by atoms with E-state index in [1.165, 1.54) is 17.1 Å². The fourth-order valence-electron chi connectivity index (χ4n) is 3.78. The molecule has 0 aliphatic heterocycles. The average molecular weight is 376 g/mol. The van der Waals surface area contributed by atoms with Crippen LogP contribution in [0.4, 0.5) is 0 Å². The first-order valence-corrected chi connectivity index (χ1v) is 9.81. The van der Waals surface area contributed by atoms with Gasteiger partial charge in [0.25, 0.3) is 11.8 Å². The van der Waals surface area contributed by atoms with Gasteiger partial charge < -0.3 is 15.6 Å². The van der Waals surface area contributed by atoms with Gasteiger partial charge in [0.2, 0.25) is 0 Å². The van der Waals surface area contributed by atoms with E-state index in [1.807, 2.05) is 24.4 Å². The number of fused-ring (bicyclic) bond motifs is 1. The van der Waals surface area contributed by atoms with Crippen LogP contribution in [-0.4, -0.2) is 34.4 Å². The van der Waals surface area contributed by atoms with Gasteiger partial charge in [-0.3, -0.25) is 14.6 Å². The summed E-state index contributed by atoms with van der Waals surface area (Å²) in [6, 6.07) is 11.5. The third kappa shape index (κ3) is 4.06. The molecule has 0 saturated heterocycles. The smallest absolute Gasteiger partial charge is 0.270 e. The SMILES string of the molecule is O=C(NCCc1c[nH]c2ccccc12)c1ccnc(C(=O)NC2CCCC2)c1. The number of hydrogen-bond donors (Lipinski definition) is 3. The lowest BCUT2D eigenvalue weighted by Gasteiger charge is -2.12. The Hall–Kier alpha value is -3.15. The number of nitrogens with zero attached hydrogens (tertiary/aromatic N) is 1. The molecule has 0 radical (unpaired) electrons. The highest BCUT2D eigenvalue weighted by Gasteiger charge is 2.19. The molecule has 1 fully saturated rings. The van der Waals surface area contributed by atoms with Crippen LogP contribution in [0.25, 0.3) is 10.9 Å². The molecule has 6 heteroatoms. The van der Waals surface area contributed by atoms with Gasteiger partial charge in [-0.25, -0.2) is 0 Å². The Labute approximate surface area is 163 Å². The lowest BCUT2D eigenvalue weighted by Crippen LogP contribution is -2.33. The number of rotatable bonds is 6. The number of aromatic amines is 1. The summed E-state index contributed by atoms with van der Waals surface area (Å²) >= 11 is 0. The molecule has 4 rings (SSSR count). The van der Waals surface area contributed by atoms with E-state index in [0.717, 1.165) is 37.6 Å². The molecule has 6 nitrogen and oxygen atoms in total. The molecule has 0 unspecified atom stereocenters. The molecule has 3 N–H and O–H groups in total. The minimum absolute atomic E-state index is 0.197. The molecule has 144 valence electrons. The zero-order chi connectivity index (χ0) is 19.3. The first-order valence-electron chi connectivity index (χ1n) is 9.81. The van der Waals surface area contributed by atoms with Crippen LogP contribution in [-0.2, 0) is 6.42 Å². The Morgan fingerprint density at radius 2 is 1.93 bits per heavy atom. The number of amides is 2. The van der Waals surface area contributed by atoms with Crippen molar-refractivity contribution in [1.82, 2.24) is 20.6 Å². The highest BCUT2D eigenvalue weighted by atomic mass is 16.2.